The molecular formula is C14H13BrN4OS. The predicted octanol–water partition coefficient (Wildman–Crippen LogP) is 3.31. The second-order valence-corrected chi connectivity index (χ2v) is 6.45. The van der Waals surface area contributed by atoms with Crippen LogP contribution in [0.3, 0.4) is 0 Å². The second-order valence-electron chi connectivity index (χ2n) is 4.51. The summed E-state index contributed by atoms with van der Waals surface area (Å²) in [4.78, 5) is 9.72. The number of rotatable bonds is 4. The molecular weight excluding hydrogens is 352 g/mol. The van der Waals surface area contributed by atoms with Crippen LogP contribution in [0.2, 0.25) is 0 Å². The Morgan fingerprint density at radius 1 is 1.29 bits per heavy atom. The minimum Gasteiger partial charge on any atom is -0.333 e. The number of thiazole rings is 1. The lowest BCUT2D eigenvalue weighted by atomic mass is 10.1. The van der Waals surface area contributed by atoms with E-state index in [-0.39, 0.29) is 0 Å². The van der Waals surface area contributed by atoms with Crippen LogP contribution in [-0.2, 0) is 13.0 Å². The second kappa shape index (κ2) is 6.05. The normalized spacial score (nSPS) is 11.0. The smallest absolute Gasteiger partial charge is 0.269 e. The van der Waals surface area contributed by atoms with Gasteiger partial charge in [-0.05, 0) is 18.6 Å². The van der Waals surface area contributed by atoms with Crippen molar-refractivity contribution in [2.45, 2.75) is 19.9 Å². The molecule has 0 aliphatic rings. The van der Waals surface area contributed by atoms with E-state index in [4.69, 9.17) is 10.3 Å². The van der Waals surface area contributed by atoms with Gasteiger partial charge in [-0.15, -0.1) is 11.3 Å². The van der Waals surface area contributed by atoms with Crippen LogP contribution in [0.15, 0.2) is 33.3 Å². The van der Waals surface area contributed by atoms with Crippen LogP contribution in [0, 0.1) is 6.92 Å². The van der Waals surface area contributed by atoms with Crippen molar-refractivity contribution in [1.29, 1.82) is 0 Å². The van der Waals surface area contributed by atoms with Gasteiger partial charge in [0.05, 0.1) is 5.69 Å². The SMILES string of the molecule is Cc1nc(CN)sc1-c1nc(Cc2ccccc2Br)no1. The van der Waals surface area contributed by atoms with E-state index in [9.17, 15) is 0 Å². The highest BCUT2D eigenvalue weighted by Crippen LogP contribution is 2.29. The molecule has 7 heteroatoms. The Kier molecular flexibility index (Phi) is 4.14. The first-order chi connectivity index (χ1) is 10.2. The molecule has 3 rings (SSSR count). The van der Waals surface area contributed by atoms with Crippen molar-refractivity contribution in [3.8, 4) is 10.8 Å². The number of hydrogen-bond acceptors (Lipinski definition) is 6. The lowest BCUT2D eigenvalue weighted by molar-refractivity contribution is 0.424. The summed E-state index contributed by atoms with van der Waals surface area (Å²) < 4.78 is 6.39. The molecule has 0 fully saturated rings. The Labute approximate surface area is 134 Å². The molecule has 0 amide bonds. The highest BCUT2D eigenvalue weighted by Gasteiger charge is 2.16. The van der Waals surface area contributed by atoms with Crippen LogP contribution in [0.1, 0.15) is 22.1 Å². The maximum atomic E-state index is 5.61. The summed E-state index contributed by atoms with van der Waals surface area (Å²) in [6.45, 7) is 2.34. The lowest BCUT2D eigenvalue weighted by Crippen LogP contribution is -1.94. The molecule has 21 heavy (non-hydrogen) atoms. The Morgan fingerprint density at radius 2 is 2.10 bits per heavy atom. The van der Waals surface area contributed by atoms with Gasteiger partial charge < -0.3 is 10.3 Å². The minimum atomic E-state index is 0.420. The monoisotopic (exact) mass is 364 g/mol. The van der Waals surface area contributed by atoms with E-state index in [0.717, 1.165) is 25.6 Å². The maximum Gasteiger partial charge on any atom is 0.269 e. The third-order valence-corrected chi connectivity index (χ3v) is 4.93. The number of halogens is 1. The highest BCUT2D eigenvalue weighted by atomic mass is 79.9. The number of hydrogen-bond donors (Lipinski definition) is 1. The van der Waals surface area contributed by atoms with E-state index in [0.29, 0.717) is 24.7 Å². The third kappa shape index (κ3) is 3.04. The van der Waals surface area contributed by atoms with Crippen molar-refractivity contribution in [3.05, 3.63) is 50.8 Å². The number of benzene rings is 1. The molecule has 0 saturated heterocycles. The largest absolute Gasteiger partial charge is 0.333 e. The van der Waals surface area contributed by atoms with Crippen molar-refractivity contribution in [2.24, 2.45) is 5.73 Å². The van der Waals surface area contributed by atoms with Gasteiger partial charge in [0.15, 0.2) is 5.82 Å². The van der Waals surface area contributed by atoms with Crippen LogP contribution >= 0.6 is 27.3 Å². The molecule has 5 nitrogen and oxygen atoms in total. The average molecular weight is 365 g/mol. The fourth-order valence-electron chi connectivity index (χ4n) is 1.97. The van der Waals surface area contributed by atoms with Crippen LogP contribution in [0.5, 0.6) is 0 Å². The van der Waals surface area contributed by atoms with E-state index >= 15 is 0 Å². The fourth-order valence-corrected chi connectivity index (χ4v) is 3.26. The Balaban J connectivity index is 1.86. The standard InChI is InChI=1S/C14H13BrN4OS/c1-8-13(21-12(7-16)17-8)14-18-11(19-20-14)6-9-4-2-3-5-10(9)15/h2-5H,6-7,16H2,1H3. The van der Waals surface area contributed by atoms with Crippen LogP contribution < -0.4 is 5.73 Å². The van der Waals surface area contributed by atoms with Crippen molar-refractivity contribution in [3.63, 3.8) is 0 Å². The maximum absolute atomic E-state index is 5.61. The third-order valence-electron chi connectivity index (χ3n) is 2.98. The summed E-state index contributed by atoms with van der Waals surface area (Å²) in [5.41, 5.74) is 7.60. The van der Waals surface area contributed by atoms with Gasteiger partial charge in [0.25, 0.3) is 5.89 Å². The van der Waals surface area contributed by atoms with E-state index in [1.54, 1.807) is 0 Å². The van der Waals surface area contributed by atoms with Gasteiger partial charge in [-0.3, -0.25) is 0 Å². The molecule has 0 atom stereocenters. The number of nitrogens with zero attached hydrogens (tertiary/aromatic N) is 3. The van der Waals surface area contributed by atoms with Gasteiger partial charge in [-0.25, -0.2) is 4.98 Å². The van der Waals surface area contributed by atoms with Gasteiger partial charge in [0.2, 0.25) is 0 Å². The molecule has 2 N–H and O–H groups in total. The fraction of sp³-hybridized carbons (Fsp3) is 0.214. The average Bonchev–Trinajstić information content (AvgIpc) is 3.07. The topological polar surface area (TPSA) is 77.8 Å². The zero-order chi connectivity index (χ0) is 14.8. The zero-order valence-corrected chi connectivity index (χ0v) is 13.7. The number of aromatic nitrogens is 3. The van der Waals surface area contributed by atoms with Crippen LogP contribution in [0.25, 0.3) is 10.8 Å². The Hall–Kier alpha value is -1.57. The van der Waals surface area contributed by atoms with E-state index in [1.165, 1.54) is 11.3 Å². The van der Waals surface area contributed by atoms with Gasteiger partial charge >= 0.3 is 0 Å². The van der Waals surface area contributed by atoms with Crippen molar-refractivity contribution in [2.75, 3.05) is 0 Å². The molecule has 0 aliphatic carbocycles. The van der Waals surface area contributed by atoms with E-state index < -0.39 is 0 Å². The van der Waals surface area contributed by atoms with Gasteiger partial charge in [-0.2, -0.15) is 4.98 Å². The molecule has 0 spiro atoms. The van der Waals surface area contributed by atoms with Gasteiger partial charge in [-0.1, -0.05) is 39.3 Å². The molecule has 2 heterocycles. The number of aryl methyl sites for hydroxylation is 1. The quantitative estimate of drug-likeness (QED) is 0.768. The predicted molar refractivity (Wildman–Crippen MR) is 85.0 cm³/mol. The molecule has 0 saturated carbocycles. The molecule has 0 bridgehead atoms. The Morgan fingerprint density at radius 3 is 2.81 bits per heavy atom. The summed E-state index contributed by atoms with van der Waals surface area (Å²) in [7, 11) is 0. The molecule has 3 aromatic rings. The molecule has 0 unspecified atom stereocenters. The van der Waals surface area contributed by atoms with Crippen molar-refractivity contribution >= 4 is 27.3 Å². The minimum absolute atomic E-state index is 0.420. The Bertz CT molecular complexity index is 768. The molecule has 2 aromatic heterocycles. The van der Waals surface area contributed by atoms with Crippen molar-refractivity contribution in [1.82, 2.24) is 15.1 Å². The van der Waals surface area contributed by atoms with Crippen LogP contribution in [0.4, 0.5) is 0 Å². The summed E-state index contributed by atoms with van der Waals surface area (Å²) in [5.74, 6) is 1.16. The molecule has 0 radical (unpaired) electrons. The van der Waals surface area contributed by atoms with Gasteiger partial charge in [0.1, 0.15) is 9.88 Å². The van der Waals surface area contributed by atoms with E-state index in [1.807, 2.05) is 31.2 Å². The summed E-state index contributed by atoms with van der Waals surface area (Å²) >= 11 is 5.02. The van der Waals surface area contributed by atoms with Crippen LogP contribution in [-0.4, -0.2) is 15.1 Å². The first-order valence-corrected chi connectivity index (χ1v) is 8.01. The summed E-state index contributed by atoms with van der Waals surface area (Å²) in [5, 5.41) is 4.91. The summed E-state index contributed by atoms with van der Waals surface area (Å²) in [6.07, 6.45) is 0.618. The highest BCUT2D eigenvalue weighted by molar-refractivity contribution is 9.10. The molecule has 0 aliphatic heterocycles. The summed E-state index contributed by atoms with van der Waals surface area (Å²) in [6, 6.07) is 7.99. The first kappa shape index (κ1) is 14.4. The molecule has 1 aromatic carbocycles. The van der Waals surface area contributed by atoms with Gasteiger partial charge in [0, 0.05) is 17.4 Å². The van der Waals surface area contributed by atoms with Crippen molar-refractivity contribution < 1.29 is 4.52 Å². The zero-order valence-electron chi connectivity index (χ0n) is 11.3. The van der Waals surface area contributed by atoms with E-state index in [2.05, 4.69) is 31.1 Å². The lowest BCUT2D eigenvalue weighted by Gasteiger charge is -1.99. The first-order valence-electron chi connectivity index (χ1n) is 6.40. The molecule has 108 valence electrons. The number of nitrogens with two attached hydrogens (primary N) is 1.